The summed E-state index contributed by atoms with van der Waals surface area (Å²) in [5.41, 5.74) is 0. The number of hydrogen-bond donors (Lipinski definition) is 0. The smallest absolute Gasteiger partial charge is 0.214 e. The second kappa shape index (κ2) is 3.52. The molecule has 1 nitrogen and oxygen atoms in total. The van der Waals surface area contributed by atoms with Gasteiger partial charge < -0.3 is 0 Å². The Kier molecular flexibility index (Phi) is 2.91. The van der Waals surface area contributed by atoms with E-state index in [9.17, 15) is 4.39 Å². The molecule has 0 N–H and O–H groups in total. The van der Waals surface area contributed by atoms with Gasteiger partial charge in [-0.1, -0.05) is 0 Å². The van der Waals surface area contributed by atoms with Crippen LogP contribution in [-0.2, 0) is 0 Å². The number of thioether (sulfide) groups is 1. The third-order valence-corrected chi connectivity index (χ3v) is 2.23. The molecule has 1 heterocycles. The van der Waals surface area contributed by atoms with Crippen LogP contribution in [0.5, 0.6) is 0 Å². The molecule has 10 heavy (non-hydrogen) atoms. The van der Waals surface area contributed by atoms with Gasteiger partial charge in [0, 0.05) is 11.0 Å². The Hall–Kier alpha value is 0.160. The van der Waals surface area contributed by atoms with Crippen LogP contribution >= 0.6 is 34.4 Å². The zero-order chi connectivity index (χ0) is 7.56. The van der Waals surface area contributed by atoms with Crippen molar-refractivity contribution in [3.05, 3.63) is 21.8 Å². The van der Waals surface area contributed by atoms with Gasteiger partial charge >= 0.3 is 0 Å². The Morgan fingerprint density at radius 3 is 2.80 bits per heavy atom. The normalized spacial score (nSPS) is 9.90. The maximum atomic E-state index is 12.5. The summed E-state index contributed by atoms with van der Waals surface area (Å²) >= 11 is 3.50. The predicted octanol–water partition coefficient (Wildman–Crippen LogP) is 2.55. The van der Waals surface area contributed by atoms with Crippen molar-refractivity contribution >= 4 is 34.4 Å². The zero-order valence-corrected chi connectivity index (χ0v) is 8.24. The molecule has 0 aliphatic carbocycles. The first-order valence-corrected chi connectivity index (χ1v) is 4.90. The number of hydrogen-bond acceptors (Lipinski definition) is 2. The van der Waals surface area contributed by atoms with E-state index in [2.05, 4.69) is 4.98 Å². The van der Waals surface area contributed by atoms with Crippen molar-refractivity contribution < 1.29 is 4.39 Å². The van der Waals surface area contributed by atoms with Crippen LogP contribution in [0.1, 0.15) is 0 Å². The average Bonchev–Trinajstić information content (AvgIpc) is 1.85. The van der Waals surface area contributed by atoms with Gasteiger partial charge in [0.15, 0.2) is 0 Å². The zero-order valence-electron chi connectivity index (χ0n) is 5.27. The van der Waals surface area contributed by atoms with E-state index in [0.29, 0.717) is 3.70 Å². The van der Waals surface area contributed by atoms with Crippen molar-refractivity contribution in [1.82, 2.24) is 4.98 Å². The van der Waals surface area contributed by atoms with Crippen LogP contribution in [-0.4, -0.2) is 11.2 Å². The van der Waals surface area contributed by atoms with Crippen LogP contribution in [0.4, 0.5) is 4.39 Å². The molecule has 4 heteroatoms. The minimum Gasteiger partial charge on any atom is -0.214 e. The third-order valence-electron chi connectivity index (χ3n) is 0.972. The quantitative estimate of drug-likeness (QED) is 0.441. The summed E-state index contributed by atoms with van der Waals surface area (Å²) in [4.78, 5) is 4.50. The molecule has 0 saturated heterocycles. The molecule has 1 aromatic heterocycles. The monoisotopic (exact) mass is 269 g/mol. The minimum absolute atomic E-state index is 0.406. The molecule has 0 radical (unpaired) electrons. The summed E-state index contributed by atoms with van der Waals surface area (Å²) in [5.74, 6) is -0.406. The van der Waals surface area contributed by atoms with E-state index >= 15 is 0 Å². The lowest BCUT2D eigenvalue weighted by Gasteiger charge is -1.95. The molecule has 0 amide bonds. The lowest BCUT2D eigenvalue weighted by atomic mass is 10.5. The van der Waals surface area contributed by atoms with Gasteiger partial charge in [0.25, 0.3) is 0 Å². The van der Waals surface area contributed by atoms with E-state index in [1.165, 1.54) is 17.8 Å². The van der Waals surface area contributed by atoms with Gasteiger partial charge in [0.2, 0.25) is 5.95 Å². The maximum absolute atomic E-state index is 12.5. The molecule has 0 fully saturated rings. The lowest BCUT2D eigenvalue weighted by molar-refractivity contribution is 0.576. The van der Waals surface area contributed by atoms with E-state index in [1.807, 2.05) is 34.9 Å². The molecule has 1 rings (SSSR count). The highest BCUT2D eigenvalue weighted by molar-refractivity contribution is 14.1. The van der Waals surface area contributed by atoms with Crippen molar-refractivity contribution in [2.45, 2.75) is 4.90 Å². The highest BCUT2D eigenvalue weighted by atomic mass is 127. The summed E-state index contributed by atoms with van der Waals surface area (Å²) in [5, 5.41) is 0. The van der Waals surface area contributed by atoms with Gasteiger partial charge in [-0.2, -0.15) is 4.39 Å². The fourth-order valence-corrected chi connectivity index (χ4v) is 1.78. The minimum atomic E-state index is -0.406. The first kappa shape index (κ1) is 8.26. The summed E-state index contributed by atoms with van der Waals surface area (Å²) in [6.07, 6.45) is 1.91. The number of pyridine rings is 1. The lowest BCUT2D eigenvalue weighted by Crippen LogP contribution is -1.86. The standard InChI is InChI=1S/C6H5FINS/c1-10-4-2-5(7)9-6(8)3-4/h2-3H,1H3. The van der Waals surface area contributed by atoms with Crippen LogP contribution < -0.4 is 0 Å². The molecular formula is C6H5FINS. The van der Waals surface area contributed by atoms with Crippen molar-refractivity contribution in [2.75, 3.05) is 6.26 Å². The van der Waals surface area contributed by atoms with Crippen molar-refractivity contribution in [2.24, 2.45) is 0 Å². The third kappa shape index (κ3) is 2.09. The van der Waals surface area contributed by atoms with Crippen LogP contribution in [0.25, 0.3) is 0 Å². The van der Waals surface area contributed by atoms with Gasteiger partial charge in [-0.15, -0.1) is 11.8 Å². The van der Waals surface area contributed by atoms with Crippen LogP contribution in [0, 0.1) is 9.65 Å². The summed E-state index contributed by atoms with van der Waals surface area (Å²) in [6.45, 7) is 0. The second-order valence-electron chi connectivity index (χ2n) is 1.65. The summed E-state index contributed by atoms with van der Waals surface area (Å²) in [7, 11) is 0. The number of aromatic nitrogens is 1. The van der Waals surface area contributed by atoms with Crippen LogP contribution in [0.2, 0.25) is 0 Å². The summed E-state index contributed by atoms with van der Waals surface area (Å²) < 4.78 is 13.2. The Balaban J connectivity index is 3.06. The van der Waals surface area contributed by atoms with E-state index in [4.69, 9.17) is 0 Å². The van der Waals surface area contributed by atoms with Crippen molar-refractivity contribution in [1.29, 1.82) is 0 Å². The van der Waals surface area contributed by atoms with E-state index < -0.39 is 5.95 Å². The van der Waals surface area contributed by atoms with Gasteiger partial charge in [-0.05, 0) is 34.9 Å². The highest BCUT2D eigenvalue weighted by Gasteiger charge is 1.97. The molecule has 0 aliphatic rings. The van der Waals surface area contributed by atoms with Crippen LogP contribution in [0.15, 0.2) is 17.0 Å². The molecule has 0 spiro atoms. The maximum Gasteiger partial charge on any atom is 0.214 e. The second-order valence-corrected chi connectivity index (χ2v) is 3.64. The Morgan fingerprint density at radius 1 is 1.60 bits per heavy atom. The molecule has 0 aliphatic heterocycles. The molecule has 0 bridgehead atoms. The fourth-order valence-electron chi connectivity index (χ4n) is 0.561. The van der Waals surface area contributed by atoms with Crippen LogP contribution in [0.3, 0.4) is 0 Å². The van der Waals surface area contributed by atoms with E-state index in [-0.39, 0.29) is 0 Å². The Labute approximate surface area is 76.6 Å². The highest BCUT2D eigenvalue weighted by Crippen LogP contribution is 2.16. The number of halogens is 2. The van der Waals surface area contributed by atoms with Gasteiger partial charge in [0.05, 0.1) is 0 Å². The predicted molar refractivity (Wildman–Crippen MR) is 48.7 cm³/mol. The van der Waals surface area contributed by atoms with E-state index in [0.717, 1.165) is 4.90 Å². The topological polar surface area (TPSA) is 12.9 Å². The van der Waals surface area contributed by atoms with Crippen molar-refractivity contribution in [3.8, 4) is 0 Å². The fraction of sp³-hybridized carbons (Fsp3) is 0.167. The van der Waals surface area contributed by atoms with Gasteiger partial charge in [-0.3, -0.25) is 0 Å². The molecule has 54 valence electrons. The molecule has 1 aromatic rings. The molecule has 0 saturated carbocycles. The number of rotatable bonds is 1. The van der Waals surface area contributed by atoms with Crippen molar-refractivity contribution in [3.63, 3.8) is 0 Å². The molecular weight excluding hydrogens is 264 g/mol. The number of nitrogens with zero attached hydrogens (tertiary/aromatic N) is 1. The van der Waals surface area contributed by atoms with E-state index in [1.54, 1.807) is 0 Å². The SMILES string of the molecule is CSc1cc(F)nc(I)c1. The first-order chi connectivity index (χ1) is 4.72. The Bertz CT molecular complexity index is 221. The van der Waals surface area contributed by atoms with Gasteiger partial charge in [-0.25, -0.2) is 4.98 Å². The average molecular weight is 269 g/mol. The largest absolute Gasteiger partial charge is 0.214 e. The first-order valence-electron chi connectivity index (χ1n) is 2.59. The van der Waals surface area contributed by atoms with Gasteiger partial charge in [0.1, 0.15) is 3.70 Å². The molecule has 0 atom stereocenters. The molecule has 0 aromatic carbocycles. The Morgan fingerprint density at radius 2 is 2.30 bits per heavy atom. The summed E-state index contributed by atoms with van der Waals surface area (Å²) in [6, 6.07) is 3.27. The molecule has 0 unspecified atom stereocenters.